The number of hydrogen-bond acceptors (Lipinski definition) is 13. The van der Waals surface area contributed by atoms with Gasteiger partial charge in [-0.2, -0.15) is 0 Å². The van der Waals surface area contributed by atoms with Gasteiger partial charge in [-0.25, -0.2) is 0 Å². The van der Waals surface area contributed by atoms with E-state index in [4.69, 9.17) is 42.6 Å². The molecule has 1 amide bonds. The van der Waals surface area contributed by atoms with E-state index in [0.29, 0.717) is 59.0 Å². The van der Waals surface area contributed by atoms with Crippen molar-refractivity contribution >= 4 is 29.9 Å². The molecule has 0 bridgehead atoms. The van der Waals surface area contributed by atoms with E-state index in [1.165, 1.54) is 52.4 Å². The lowest BCUT2D eigenvalue weighted by Gasteiger charge is -2.58. The molecule has 6 fully saturated rings. The van der Waals surface area contributed by atoms with Crippen molar-refractivity contribution in [2.24, 2.45) is 46.3 Å². The predicted octanol–water partition coefficient (Wildman–Crippen LogP) is 7.11. The SMILES string of the molecule is COc1ccc(OC)c(/C=C/C(=O)N[C@H]2[C@H](O[C@H]3CC[C@@]4(C)C(=CC[C@H]5[C@@H]6C[C@@H]7O[C@]8(CC[C@@H](C)CO8)[C@@H](C)[C@@H]7[C@@]6(C)CC[C@@H]54)C3)O[C@H](COC(C)=O)[C@@H](OC(C)=O)[C@@H]2OC(C)=O)c1. The Morgan fingerprint density at radius 3 is 2.36 bits per heavy atom. The van der Waals surface area contributed by atoms with Gasteiger partial charge in [0.1, 0.15) is 30.3 Å². The molecule has 1 spiro atoms. The number of nitrogens with one attached hydrogen (secondary N) is 1. The van der Waals surface area contributed by atoms with Crippen LogP contribution in [-0.4, -0.2) is 99.9 Å². The number of allylic oxidation sites excluding steroid dienone is 1. The van der Waals surface area contributed by atoms with Gasteiger partial charge in [-0.05, 0) is 116 Å². The first-order chi connectivity index (χ1) is 30.5. The Morgan fingerprint density at radius 2 is 1.67 bits per heavy atom. The molecule has 16 atom stereocenters. The Labute approximate surface area is 377 Å². The molecule has 352 valence electrons. The van der Waals surface area contributed by atoms with Gasteiger partial charge in [0.15, 0.2) is 24.3 Å². The molecule has 3 saturated carbocycles. The highest BCUT2D eigenvalue weighted by Crippen LogP contribution is 2.70. The maximum absolute atomic E-state index is 13.8. The lowest BCUT2D eigenvalue weighted by Crippen LogP contribution is -2.67. The summed E-state index contributed by atoms with van der Waals surface area (Å²) >= 11 is 0. The molecule has 3 saturated heterocycles. The van der Waals surface area contributed by atoms with Gasteiger partial charge in [-0.15, -0.1) is 0 Å². The molecule has 0 radical (unpaired) electrons. The van der Waals surface area contributed by atoms with Crippen molar-refractivity contribution in [2.45, 2.75) is 155 Å². The summed E-state index contributed by atoms with van der Waals surface area (Å²) in [4.78, 5) is 51.1. The van der Waals surface area contributed by atoms with Crippen LogP contribution in [0.1, 0.15) is 112 Å². The zero-order chi connectivity index (χ0) is 45.7. The molecule has 3 heterocycles. The number of rotatable bonds is 11. The smallest absolute Gasteiger partial charge is 0.303 e. The van der Waals surface area contributed by atoms with E-state index in [1.807, 2.05) is 0 Å². The second-order valence-electron chi connectivity index (χ2n) is 20.2. The number of methoxy groups -OCH3 is 2. The van der Waals surface area contributed by atoms with Crippen LogP contribution in [0.4, 0.5) is 0 Å². The Balaban J connectivity index is 1.02. The first-order valence-electron chi connectivity index (χ1n) is 23.5. The maximum Gasteiger partial charge on any atom is 0.303 e. The van der Waals surface area contributed by atoms with Crippen molar-refractivity contribution in [3.63, 3.8) is 0 Å². The van der Waals surface area contributed by atoms with Crippen LogP contribution < -0.4 is 14.8 Å². The lowest BCUT2D eigenvalue weighted by molar-refractivity contribution is -0.289. The molecule has 64 heavy (non-hydrogen) atoms. The summed E-state index contributed by atoms with van der Waals surface area (Å²) < 4.78 is 54.8. The Morgan fingerprint density at radius 1 is 0.906 bits per heavy atom. The van der Waals surface area contributed by atoms with Gasteiger partial charge in [-0.1, -0.05) is 39.3 Å². The first-order valence-corrected chi connectivity index (χ1v) is 23.5. The van der Waals surface area contributed by atoms with E-state index in [0.717, 1.165) is 45.1 Å². The quantitative estimate of drug-likeness (QED) is 0.104. The summed E-state index contributed by atoms with van der Waals surface area (Å²) in [6.07, 6.45) is 9.49. The molecule has 14 heteroatoms. The van der Waals surface area contributed by atoms with Crippen molar-refractivity contribution in [3.05, 3.63) is 41.5 Å². The third kappa shape index (κ3) is 8.73. The van der Waals surface area contributed by atoms with Crippen LogP contribution in [0, 0.1) is 46.3 Å². The molecule has 1 aromatic rings. The normalized spacial score (nSPS) is 41.1. The molecular formula is C50H69NO13. The van der Waals surface area contributed by atoms with Gasteiger partial charge in [0.05, 0.1) is 33.0 Å². The molecule has 0 unspecified atom stereocenters. The molecule has 0 aromatic heterocycles. The van der Waals surface area contributed by atoms with Crippen LogP contribution in [0.15, 0.2) is 35.9 Å². The summed E-state index contributed by atoms with van der Waals surface area (Å²) in [6, 6.07) is 4.09. The molecule has 1 aromatic carbocycles. The van der Waals surface area contributed by atoms with E-state index in [-0.39, 0.29) is 29.6 Å². The minimum Gasteiger partial charge on any atom is -0.497 e. The number of carbonyl (C=O) groups is 4. The fourth-order valence-electron chi connectivity index (χ4n) is 13.5. The minimum absolute atomic E-state index is 0.00367. The Kier molecular flexibility index (Phi) is 13.4. The fraction of sp³-hybridized carbons (Fsp3) is 0.720. The zero-order valence-electron chi connectivity index (χ0n) is 39.1. The highest BCUT2D eigenvalue weighted by molar-refractivity contribution is 5.92. The van der Waals surface area contributed by atoms with Crippen LogP contribution in [0.25, 0.3) is 6.08 Å². The van der Waals surface area contributed by atoms with Crippen molar-refractivity contribution in [1.29, 1.82) is 0 Å². The second-order valence-corrected chi connectivity index (χ2v) is 20.2. The summed E-state index contributed by atoms with van der Waals surface area (Å²) in [7, 11) is 3.08. The number of ether oxygens (including phenoxy) is 9. The van der Waals surface area contributed by atoms with Gasteiger partial charge in [0.25, 0.3) is 0 Å². The topological polar surface area (TPSA) is 163 Å². The number of benzene rings is 1. The largest absolute Gasteiger partial charge is 0.497 e. The lowest BCUT2D eigenvalue weighted by atomic mass is 9.47. The van der Waals surface area contributed by atoms with Crippen LogP contribution in [0.2, 0.25) is 0 Å². The van der Waals surface area contributed by atoms with E-state index >= 15 is 0 Å². The van der Waals surface area contributed by atoms with Crippen LogP contribution in [0.3, 0.4) is 0 Å². The summed E-state index contributed by atoms with van der Waals surface area (Å²) in [6.45, 7) is 13.9. The predicted molar refractivity (Wildman–Crippen MR) is 233 cm³/mol. The molecular weight excluding hydrogens is 823 g/mol. The van der Waals surface area contributed by atoms with Gasteiger partial charge in [0.2, 0.25) is 5.91 Å². The standard InChI is InChI=1S/C50H69NO13/c1-27-16-21-50(59-25-27)28(2)43-40(64-50)24-38-36-13-11-33-23-35(17-19-48(33,6)37(36)18-20-49(38,43)7)62-47-44(51-42(55)15-10-32-22-34(56-8)12-14-39(32)57-9)46(61-31(5)54)45(60-30(4)53)41(63-47)26-58-29(3)52/h10-12,14-15,22,27-28,35-38,40-41,43-47H,13,16-21,23-26H2,1-9H3,(H,51,55)/b15-10+/t27-,28+,35+,36-,37+,38+,40+,41-,43+,44-,45-,46-,47-,48+,49+,50-/m1/s1. The van der Waals surface area contributed by atoms with Gasteiger partial charge < -0.3 is 47.9 Å². The number of fused-ring (bicyclic) bond motifs is 7. The van der Waals surface area contributed by atoms with Gasteiger partial charge >= 0.3 is 17.9 Å². The fourth-order valence-corrected chi connectivity index (χ4v) is 13.5. The molecule has 3 aliphatic heterocycles. The maximum atomic E-state index is 13.8. The van der Waals surface area contributed by atoms with Crippen molar-refractivity contribution < 1.29 is 61.8 Å². The summed E-state index contributed by atoms with van der Waals surface area (Å²) in [5.74, 6) is 1.34. The molecule has 1 N–H and O–H groups in total. The van der Waals surface area contributed by atoms with Crippen molar-refractivity contribution in [3.8, 4) is 11.5 Å². The minimum atomic E-state index is -1.26. The molecule has 8 rings (SSSR count). The van der Waals surface area contributed by atoms with Crippen LogP contribution >= 0.6 is 0 Å². The third-order valence-electron chi connectivity index (χ3n) is 16.5. The number of esters is 3. The molecule has 4 aliphatic carbocycles. The average molecular weight is 892 g/mol. The Hall–Kier alpha value is -3.98. The van der Waals surface area contributed by atoms with Crippen molar-refractivity contribution in [1.82, 2.24) is 5.32 Å². The van der Waals surface area contributed by atoms with E-state index < -0.39 is 60.2 Å². The van der Waals surface area contributed by atoms with Gasteiger partial charge in [-0.3, -0.25) is 19.2 Å². The number of carbonyl (C=O) groups excluding carboxylic acids is 4. The Bertz CT molecular complexity index is 1990. The summed E-state index contributed by atoms with van der Waals surface area (Å²) in [5.41, 5.74) is 2.19. The number of hydrogen-bond donors (Lipinski definition) is 1. The van der Waals surface area contributed by atoms with Crippen LogP contribution in [-0.2, 0) is 52.3 Å². The monoisotopic (exact) mass is 891 g/mol. The zero-order valence-corrected chi connectivity index (χ0v) is 39.1. The third-order valence-corrected chi connectivity index (χ3v) is 16.5. The molecule has 14 nitrogen and oxygen atoms in total. The summed E-state index contributed by atoms with van der Waals surface area (Å²) in [5, 5.41) is 2.95. The van der Waals surface area contributed by atoms with E-state index in [1.54, 1.807) is 31.4 Å². The first kappa shape index (κ1) is 46.5. The number of amides is 1. The van der Waals surface area contributed by atoms with E-state index in [2.05, 4.69) is 39.1 Å². The van der Waals surface area contributed by atoms with E-state index in [9.17, 15) is 19.2 Å². The highest BCUT2D eigenvalue weighted by atomic mass is 16.7. The second kappa shape index (κ2) is 18.4. The average Bonchev–Trinajstić information content (AvgIpc) is 3.70. The molecule has 7 aliphatic rings. The van der Waals surface area contributed by atoms with Crippen LogP contribution in [0.5, 0.6) is 11.5 Å². The van der Waals surface area contributed by atoms with Crippen molar-refractivity contribution in [2.75, 3.05) is 27.4 Å². The van der Waals surface area contributed by atoms with Gasteiger partial charge in [0, 0.05) is 44.7 Å². The highest BCUT2D eigenvalue weighted by Gasteiger charge is 2.69.